The number of pyridine rings is 1. The first kappa shape index (κ1) is 12.2. The molecule has 0 saturated heterocycles. The predicted octanol–water partition coefficient (Wildman–Crippen LogP) is 2.81. The van der Waals surface area contributed by atoms with Gasteiger partial charge in [0.1, 0.15) is 17.2 Å². The largest absolute Gasteiger partial charge is 0.477 e. The van der Waals surface area contributed by atoms with Crippen LogP contribution >= 0.6 is 11.6 Å². The molecule has 0 spiro atoms. The second kappa shape index (κ2) is 4.93. The number of rotatable bonds is 3. The molecule has 0 amide bonds. The summed E-state index contributed by atoms with van der Waals surface area (Å²) in [5.74, 6) is -0.258. The van der Waals surface area contributed by atoms with Gasteiger partial charge in [0.2, 0.25) is 0 Å². The molecule has 0 aliphatic heterocycles. The minimum absolute atomic E-state index is 0.0496. The molecule has 0 aliphatic rings. The number of nitrogen functional groups attached to an aromatic ring is 1. The topological polar surface area (TPSA) is 85.4 Å². The van der Waals surface area contributed by atoms with Crippen LogP contribution in [-0.4, -0.2) is 16.1 Å². The van der Waals surface area contributed by atoms with Crippen LogP contribution in [-0.2, 0) is 0 Å². The van der Waals surface area contributed by atoms with Crippen molar-refractivity contribution in [1.29, 1.82) is 0 Å². The summed E-state index contributed by atoms with van der Waals surface area (Å²) in [6.07, 6.45) is 1.32. The van der Waals surface area contributed by atoms with Crippen molar-refractivity contribution in [2.45, 2.75) is 0 Å². The Balaban J connectivity index is 2.21. The first-order valence-corrected chi connectivity index (χ1v) is 5.36. The number of aromatic carboxylic acids is 1. The van der Waals surface area contributed by atoms with Crippen LogP contribution in [0, 0.1) is 0 Å². The summed E-state index contributed by atoms with van der Waals surface area (Å²) in [5.41, 5.74) is 6.07. The van der Waals surface area contributed by atoms with E-state index in [1.54, 1.807) is 18.2 Å². The van der Waals surface area contributed by atoms with E-state index in [0.717, 1.165) is 0 Å². The fourth-order valence-electron chi connectivity index (χ4n) is 1.31. The van der Waals surface area contributed by atoms with Crippen molar-refractivity contribution in [3.05, 3.63) is 47.2 Å². The molecule has 0 aliphatic carbocycles. The minimum atomic E-state index is -1.09. The van der Waals surface area contributed by atoms with E-state index in [2.05, 4.69) is 4.98 Å². The molecule has 6 heteroatoms. The van der Waals surface area contributed by atoms with Gasteiger partial charge >= 0.3 is 5.97 Å². The zero-order valence-electron chi connectivity index (χ0n) is 9.13. The van der Waals surface area contributed by atoms with E-state index in [1.807, 2.05) is 0 Å². The second-order valence-corrected chi connectivity index (χ2v) is 3.90. The van der Waals surface area contributed by atoms with Crippen molar-refractivity contribution in [2.75, 3.05) is 5.73 Å². The van der Waals surface area contributed by atoms with E-state index in [-0.39, 0.29) is 5.69 Å². The average molecular weight is 265 g/mol. The number of carbonyl (C=O) groups is 1. The Morgan fingerprint density at radius 3 is 2.67 bits per heavy atom. The summed E-state index contributed by atoms with van der Waals surface area (Å²) in [4.78, 5) is 14.4. The van der Waals surface area contributed by atoms with Crippen molar-refractivity contribution in [2.24, 2.45) is 0 Å². The van der Waals surface area contributed by atoms with E-state index in [9.17, 15) is 4.79 Å². The highest BCUT2D eigenvalue weighted by Crippen LogP contribution is 2.29. The lowest BCUT2D eigenvalue weighted by atomic mass is 10.3. The molecule has 1 aromatic carbocycles. The number of benzene rings is 1. The lowest BCUT2D eigenvalue weighted by Gasteiger charge is -2.08. The fourth-order valence-corrected chi connectivity index (χ4v) is 1.49. The Labute approximate surface area is 108 Å². The first-order chi connectivity index (χ1) is 8.56. The standard InChI is InChI=1S/C12H9ClN2O3/c13-7-1-4-11(9(14)5-7)18-8-2-3-10(12(16)17)15-6-8/h1-6H,14H2,(H,16,17). The Kier molecular flexibility index (Phi) is 3.34. The van der Waals surface area contributed by atoms with Crippen LogP contribution < -0.4 is 10.5 Å². The Hall–Kier alpha value is -2.27. The number of hydrogen-bond donors (Lipinski definition) is 2. The Bertz CT molecular complexity index is 584. The van der Waals surface area contributed by atoms with Gasteiger partial charge in [-0.1, -0.05) is 11.6 Å². The molecule has 1 aromatic heterocycles. The maximum Gasteiger partial charge on any atom is 0.354 e. The third-order valence-electron chi connectivity index (χ3n) is 2.16. The van der Waals surface area contributed by atoms with Gasteiger partial charge in [-0.25, -0.2) is 9.78 Å². The molecular formula is C12H9ClN2O3. The smallest absolute Gasteiger partial charge is 0.354 e. The van der Waals surface area contributed by atoms with Crippen LogP contribution in [0.1, 0.15) is 10.5 Å². The van der Waals surface area contributed by atoms with Crippen LogP contribution in [0.5, 0.6) is 11.5 Å². The third kappa shape index (κ3) is 2.70. The zero-order valence-corrected chi connectivity index (χ0v) is 9.89. The highest BCUT2D eigenvalue weighted by molar-refractivity contribution is 6.30. The number of aromatic nitrogens is 1. The molecule has 0 atom stereocenters. The number of nitrogens with zero attached hydrogens (tertiary/aromatic N) is 1. The monoisotopic (exact) mass is 264 g/mol. The third-order valence-corrected chi connectivity index (χ3v) is 2.39. The van der Waals surface area contributed by atoms with Crippen molar-refractivity contribution in [3.8, 4) is 11.5 Å². The molecule has 0 bridgehead atoms. The molecule has 0 fully saturated rings. The van der Waals surface area contributed by atoms with E-state index < -0.39 is 5.97 Å². The summed E-state index contributed by atoms with van der Waals surface area (Å²) in [7, 11) is 0. The number of anilines is 1. The van der Waals surface area contributed by atoms with Crippen LogP contribution in [0.4, 0.5) is 5.69 Å². The lowest BCUT2D eigenvalue weighted by molar-refractivity contribution is 0.0690. The summed E-state index contributed by atoms with van der Waals surface area (Å²) in [5, 5.41) is 9.22. The van der Waals surface area contributed by atoms with E-state index in [4.69, 9.17) is 27.2 Å². The van der Waals surface area contributed by atoms with E-state index in [1.165, 1.54) is 18.3 Å². The quantitative estimate of drug-likeness (QED) is 0.833. The predicted molar refractivity (Wildman–Crippen MR) is 67.1 cm³/mol. The number of carboxylic acid groups (broad SMARTS) is 1. The molecule has 1 heterocycles. The van der Waals surface area contributed by atoms with Crippen molar-refractivity contribution < 1.29 is 14.6 Å². The van der Waals surface area contributed by atoms with Crippen LogP contribution in [0.3, 0.4) is 0 Å². The molecule has 2 rings (SSSR count). The van der Waals surface area contributed by atoms with Gasteiger partial charge in [0.15, 0.2) is 0 Å². The molecule has 5 nitrogen and oxygen atoms in total. The Morgan fingerprint density at radius 2 is 2.11 bits per heavy atom. The number of halogens is 1. The SMILES string of the molecule is Nc1cc(Cl)ccc1Oc1ccc(C(=O)O)nc1. The molecule has 3 N–H and O–H groups in total. The zero-order chi connectivity index (χ0) is 13.1. The summed E-state index contributed by atoms with van der Waals surface area (Å²) in [6.45, 7) is 0. The second-order valence-electron chi connectivity index (χ2n) is 3.47. The minimum Gasteiger partial charge on any atom is -0.477 e. The van der Waals surface area contributed by atoms with Gasteiger partial charge in [-0.2, -0.15) is 0 Å². The lowest BCUT2D eigenvalue weighted by Crippen LogP contribution is -1.99. The van der Waals surface area contributed by atoms with Crippen molar-refractivity contribution >= 4 is 23.3 Å². The van der Waals surface area contributed by atoms with Crippen LogP contribution in [0.15, 0.2) is 36.5 Å². The van der Waals surface area contributed by atoms with E-state index in [0.29, 0.717) is 22.2 Å². The average Bonchev–Trinajstić information content (AvgIpc) is 2.33. The molecule has 0 unspecified atom stereocenters. The highest BCUT2D eigenvalue weighted by Gasteiger charge is 2.06. The Morgan fingerprint density at radius 1 is 1.33 bits per heavy atom. The first-order valence-electron chi connectivity index (χ1n) is 4.98. The van der Waals surface area contributed by atoms with Crippen LogP contribution in [0.25, 0.3) is 0 Å². The van der Waals surface area contributed by atoms with Gasteiger partial charge < -0.3 is 15.6 Å². The maximum atomic E-state index is 10.6. The number of hydrogen-bond acceptors (Lipinski definition) is 4. The van der Waals surface area contributed by atoms with Gasteiger partial charge in [0, 0.05) is 5.02 Å². The summed E-state index contributed by atoms with van der Waals surface area (Å²) in [6, 6.07) is 7.69. The maximum absolute atomic E-state index is 10.6. The van der Waals surface area contributed by atoms with Gasteiger partial charge in [-0.3, -0.25) is 0 Å². The normalized spacial score (nSPS) is 10.1. The summed E-state index contributed by atoms with van der Waals surface area (Å²) >= 11 is 5.76. The van der Waals surface area contributed by atoms with Crippen molar-refractivity contribution in [1.82, 2.24) is 4.98 Å². The highest BCUT2D eigenvalue weighted by atomic mass is 35.5. The molecule has 2 aromatic rings. The van der Waals surface area contributed by atoms with Gasteiger partial charge in [0.25, 0.3) is 0 Å². The molecular weight excluding hydrogens is 256 g/mol. The summed E-state index contributed by atoms with van der Waals surface area (Å²) < 4.78 is 5.46. The number of ether oxygens (including phenoxy) is 1. The fraction of sp³-hybridized carbons (Fsp3) is 0. The van der Waals surface area contributed by atoms with Crippen LogP contribution in [0.2, 0.25) is 5.02 Å². The molecule has 92 valence electrons. The number of nitrogens with two attached hydrogens (primary N) is 1. The van der Waals surface area contributed by atoms with Gasteiger partial charge in [0.05, 0.1) is 11.9 Å². The van der Waals surface area contributed by atoms with E-state index >= 15 is 0 Å². The number of carboxylic acids is 1. The van der Waals surface area contributed by atoms with Gasteiger partial charge in [-0.15, -0.1) is 0 Å². The van der Waals surface area contributed by atoms with Gasteiger partial charge in [-0.05, 0) is 30.3 Å². The van der Waals surface area contributed by atoms with Crippen molar-refractivity contribution in [3.63, 3.8) is 0 Å². The molecule has 18 heavy (non-hydrogen) atoms. The molecule has 0 radical (unpaired) electrons. The molecule has 0 saturated carbocycles.